The number of amides is 1. The summed E-state index contributed by atoms with van der Waals surface area (Å²) in [6.07, 6.45) is 4.90. The Morgan fingerprint density at radius 2 is 2.05 bits per heavy atom. The molecule has 4 heteroatoms. The number of hydrogen-bond donors (Lipinski definition) is 1. The van der Waals surface area contributed by atoms with E-state index in [2.05, 4.69) is 32.2 Å². The maximum atomic E-state index is 12.6. The van der Waals surface area contributed by atoms with Gasteiger partial charge in [0.15, 0.2) is 0 Å². The number of nitrogens with one attached hydrogen (secondary N) is 1. The topological polar surface area (TPSA) is 32.3 Å². The molecule has 1 N–H and O–H groups in total. The van der Waals surface area contributed by atoms with E-state index in [1.807, 2.05) is 18.2 Å². The predicted molar refractivity (Wildman–Crippen MR) is 83.6 cm³/mol. The van der Waals surface area contributed by atoms with Crippen LogP contribution >= 0.6 is 15.9 Å². The zero-order valence-corrected chi connectivity index (χ0v) is 13.2. The van der Waals surface area contributed by atoms with Gasteiger partial charge < -0.3 is 10.2 Å². The zero-order valence-electron chi connectivity index (χ0n) is 11.6. The van der Waals surface area contributed by atoms with Crippen molar-refractivity contribution in [2.75, 3.05) is 13.1 Å². The lowest BCUT2D eigenvalue weighted by Gasteiger charge is -2.28. The van der Waals surface area contributed by atoms with Crippen LogP contribution in [0.4, 0.5) is 0 Å². The number of carbonyl (C=O) groups excluding carboxylic acids is 1. The van der Waals surface area contributed by atoms with Crippen molar-refractivity contribution in [2.45, 2.75) is 44.2 Å². The number of rotatable bonds is 3. The van der Waals surface area contributed by atoms with Crippen LogP contribution in [0.15, 0.2) is 28.7 Å². The highest BCUT2D eigenvalue weighted by atomic mass is 79.9. The molecular formula is C16H21BrN2O. The first-order valence-corrected chi connectivity index (χ1v) is 8.30. The normalized spacial score (nSPS) is 25.6. The Hall–Kier alpha value is -0.870. The summed E-state index contributed by atoms with van der Waals surface area (Å²) >= 11 is 3.56. The summed E-state index contributed by atoms with van der Waals surface area (Å²) in [5.41, 5.74) is 1.22. The lowest BCUT2D eigenvalue weighted by atomic mass is 10.1. The number of benzene rings is 1. The van der Waals surface area contributed by atoms with Gasteiger partial charge in [0.2, 0.25) is 5.91 Å². The highest BCUT2D eigenvalue weighted by molar-refractivity contribution is 9.10. The van der Waals surface area contributed by atoms with Crippen LogP contribution < -0.4 is 5.32 Å². The third-order valence-corrected chi connectivity index (χ3v) is 5.28. The Morgan fingerprint density at radius 3 is 2.90 bits per heavy atom. The van der Waals surface area contributed by atoms with Crippen LogP contribution in [-0.4, -0.2) is 36.0 Å². The number of fused-ring (bicyclic) bond motifs is 2. The molecule has 0 radical (unpaired) electrons. The highest BCUT2D eigenvalue weighted by Crippen LogP contribution is 2.29. The maximum absolute atomic E-state index is 12.6. The monoisotopic (exact) mass is 336 g/mol. The molecule has 2 heterocycles. The Morgan fingerprint density at radius 1 is 1.25 bits per heavy atom. The van der Waals surface area contributed by atoms with E-state index >= 15 is 0 Å². The summed E-state index contributed by atoms with van der Waals surface area (Å²) in [5.74, 6) is 0.331. The van der Waals surface area contributed by atoms with Gasteiger partial charge in [-0.05, 0) is 43.9 Å². The molecule has 0 aromatic heterocycles. The fourth-order valence-electron chi connectivity index (χ4n) is 3.46. The smallest absolute Gasteiger partial charge is 0.223 e. The molecule has 1 aromatic carbocycles. The lowest BCUT2D eigenvalue weighted by molar-refractivity contribution is -0.133. The van der Waals surface area contributed by atoms with Crippen molar-refractivity contribution in [3.8, 4) is 0 Å². The molecule has 2 atom stereocenters. The fourth-order valence-corrected chi connectivity index (χ4v) is 3.94. The van der Waals surface area contributed by atoms with Crippen molar-refractivity contribution in [2.24, 2.45) is 0 Å². The van der Waals surface area contributed by atoms with E-state index in [-0.39, 0.29) is 0 Å². The molecule has 2 fully saturated rings. The number of carbonyl (C=O) groups is 1. The molecule has 2 unspecified atom stereocenters. The van der Waals surface area contributed by atoms with Crippen molar-refractivity contribution in [1.82, 2.24) is 10.2 Å². The number of hydrogen-bond acceptors (Lipinski definition) is 2. The molecule has 20 heavy (non-hydrogen) atoms. The van der Waals surface area contributed by atoms with E-state index in [0.29, 0.717) is 24.4 Å². The summed E-state index contributed by atoms with van der Waals surface area (Å²) in [6, 6.07) is 9.08. The molecule has 108 valence electrons. The zero-order chi connectivity index (χ0) is 13.9. The highest BCUT2D eigenvalue weighted by Gasteiger charge is 2.37. The minimum Gasteiger partial charge on any atom is -0.335 e. The standard InChI is InChI=1S/C16H21BrN2O/c17-15-4-2-1-3-12(15)5-8-16(20)19-13-6-7-14(19)11-18-10-9-13/h1-4,13-14,18H,5-11H2. The third-order valence-electron chi connectivity index (χ3n) is 4.51. The average Bonchev–Trinajstić information content (AvgIpc) is 2.71. The molecule has 3 rings (SSSR count). The van der Waals surface area contributed by atoms with Crippen LogP contribution in [0.1, 0.15) is 31.2 Å². The first-order chi connectivity index (χ1) is 9.75. The van der Waals surface area contributed by atoms with E-state index in [9.17, 15) is 4.79 Å². The average molecular weight is 337 g/mol. The molecule has 2 aliphatic heterocycles. The van der Waals surface area contributed by atoms with Crippen LogP contribution in [0.25, 0.3) is 0 Å². The van der Waals surface area contributed by atoms with E-state index in [1.165, 1.54) is 18.4 Å². The quantitative estimate of drug-likeness (QED) is 0.920. The van der Waals surface area contributed by atoms with E-state index < -0.39 is 0 Å². The molecule has 0 saturated carbocycles. The van der Waals surface area contributed by atoms with Gasteiger partial charge in [-0.2, -0.15) is 0 Å². The molecule has 2 saturated heterocycles. The molecular weight excluding hydrogens is 316 g/mol. The second kappa shape index (κ2) is 6.27. The first-order valence-electron chi connectivity index (χ1n) is 7.51. The number of halogens is 1. The minimum atomic E-state index is 0.331. The van der Waals surface area contributed by atoms with E-state index in [1.54, 1.807) is 0 Å². The summed E-state index contributed by atoms with van der Waals surface area (Å²) in [7, 11) is 0. The third kappa shape index (κ3) is 2.91. The Labute approximate surface area is 128 Å². The molecule has 0 aliphatic carbocycles. The molecule has 1 aromatic rings. The predicted octanol–water partition coefficient (Wildman–Crippen LogP) is 2.73. The van der Waals surface area contributed by atoms with Gasteiger partial charge in [-0.15, -0.1) is 0 Å². The molecule has 3 nitrogen and oxygen atoms in total. The molecule has 1 amide bonds. The van der Waals surface area contributed by atoms with Crippen LogP contribution in [0.3, 0.4) is 0 Å². The fraction of sp³-hybridized carbons (Fsp3) is 0.562. The largest absolute Gasteiger partial charge is 0.335 e. The van der Waals surface area contributed by atoms with Gasteiger partial charge in [0.25, 0.3) is 0 Å². The molecule has 2 bridgehead atoms. The SMILES string of the molecule is O=C(CCc1ccccc1Br)N1C2CCNCC1CC2. The van der Waals surface area contributed by atoms with Crippen molar-refractivity contribution in [1.29, 1.82) is 0 Å². The van der Waals surface area contributed by atoms with E-state index in [0.717, 1.165) is 30.4 Å². The van der Waals surface area contributed by atoms with Gasteiger partial charge in [0.05, 0.1) is 0 Å². The summed E-state index contributed by atoms with van der Waals surface area (Å²) in [5, 5.41) is 3.45. The van der Waals surface area contributed by atoms with Crippen molar-refractivity contribution in [3.63, 3.8) is 0 Å². The van der Waals surface area contributed by atoms with Crippen LogP contribution in [0.5, 0.6) is 0 Å². The number of nitrogens with zero attached hydrogens (tertiary/aromatic N) is 1. The van der Waals surface area contributed by atoms with Crippen molar-refractivity contribution in [3.05, 3.63) is 34.3 Å². The summed E-state index contributed by atoms with van der Waals surface area (Å²) in [4.78, 5) is 14.8. The van der Waals surface area contributed by atoms with E-state index in [4.69, 9.17) is 0 Å². The Balaban J connectivity index is 1.63. The molecule has 0 spiro atoms. The Bertz CT molecular complexity index is 477. The van der Waals surface area contributed by atoms with Crippen LogP contribution in [0, 0.1) is 0 Å². The second-order valence-electron chi connectivity index (χ2n) is 5.77. The Kier molecular flexibility index (Phi) is 4.41. The van der Waals surface area contributed by atoms with Gasteiger partial charge in [-0.1, -0.05) is 34.1 Å². The minimum absolute atomic E-state index is 0.331. The first kappa shape index (κ1) is 14.1. The van der Waals surface area contributed by atoms with Gasteiger partial charge in [-0.3, -0.25) is 4.79 Å². The van der Waals surface area contributed by atoms with Gasteiger partial charge in [-0.25, -0.2) is 0 Å². The lowest BCUT2D eigenvalue weighted by Crippen LogP contribution is -2.42. The van der Waals surface area contributed by atoms with Crippen molar-refractivity contribution >= 4 is 21.8 Å². The van der Waals surface area contributed by atoms with Gasteiger partial charge in [0.1, 0.15) is 0 Å². The van der Waals surface area contributed by atoms with Gasteiger partial charge >= 0.3 is 0 Å². The maximum Gasteiger partial charge on any atom is 0.223 e. The molecule has 2 aliphatic rings. The second-order valence-corrected chi connectivity index (χ2v) is 6.62. The van der Waals surface area contributed by atoms with Crippen LogP contribution in [-0.2, 0) is 11.2 Å². The summed E-state index contributed by atoms with van der Waals surface area (Å²) < 4.78 is 1.10. The summed E-state index contributed by atoms with van der Waals surface area (Å²) in [6.45, 7) is 2.02. The van der Waals surface area contributed by atoms with Gasteiger partial charge in [0, 0.05) is 29.5 Å². The van der Waals surface area contributed by atoms with Crippen molar-refractivity contribution < 1.29 is 4.79 Å². The number of aryl methyl sites for hydroxylation is 1. The van der Waals surface area contributed by atoms with Crippen LogP contribution in [0.2, 0.25) is 0 Å².